The van der Waals surface area contributed by atoms with Crippen LogP contribution in [0.15, 0.2) is 33.5 Å². The second kappa shape index (κ2) is 5.56. The molecule has 1 fully saturated rings. The van der Waals surface area contributed by atoms with Crippen LogP contribution in [0.25, 0.3) is 0 Å². The minimum absolute atomic E-state index is 0.0729. The van der Waals surface area contributed by atoms with Crippen molar-refractivity contribution in [3.63, 3.8) is 0 Å². The first-order chi connectivity index (χ1) is 10.0. The van der Waals surface area contributed by atoms with Crippen molar-refractivity contribution < 1.29 is 8.83 Å². The van der Waals surface area contributed by atoms with Crippen LogP contribution in [0, 0.1) is 0 Å². The predicted molar refractivity (Wildman–Crippen MR) is 81.0 cm³/mol. The average molecular weight is 289 g/mol. The zero-order chi connectivity index (χ0) is 14.9. The Balaban J connectivity index is 1.67. The standard InChI is InChI=1S/C16H23N3O2/c1-16(2,3)17-9-12-11-21-15(18-12)19(13-6-7-13)10-14-5-4-8-20-14/h4-5,8,11,13,17H,6-7,9-10H2,1-3H3. The van der Waals surface area contributed by atoms with Crippen molar-refractivity contribution in [3.05, 3.63) is 36.1 Å². The van der Waals surface area contributed by atoms with Crippen molar-refractivity contribution in [1.29, 1.82) is 0 Å². The Hall–Kier alpha value is -1.75. The summed E-state index contributed by atoms with van der Waals surface area (Å²) in [7, 11) is 0. The fourth-order valence-electron chi connectivity index (χ4n) is 2.17. The highest BCUT2D eigenvalue weighted by Gasteiger charge is 2.32. The maximum Gasteiger partial charge on any atom is 0.298 e. The van der Waals surface area contributed by atoms with Gasteiger partial charge in [-0.1, -0.05) is 0 Å². The first-order valence-electron chi connectivity index (χ1n) is 7.50. The van der Waals surface area contributed by atoms with Gasteiger partial charge < -0.3 is 19.1 Å². The van der Waals surface area contributed by atoms with E-state index in [1.54, 1.807) is 12.5 Å². The lowest BCUT2D eigenvalue weighted by Crippen LogP contribution is -2.35. The van der Waals surface area contributed by atoms with Gasteiger partial charge in [0, 0.05) is 18.1 Å². The number of furan rings is 1. The molecule has 114 valence electrons. The lowest BCUT2D eigenvalue weighted by molar-refractivity contribution is 0.420. The third kappa shape index (κ3) is 3.88. The summed E-state index contributed by atoms with van der Waals surface area (Å²) in [4.78, 5) is 6.80. The van der Waals surface area contributed by atoms with Crippen molar-refractivity contribution in [3.8, 4) is 0 Å². The van der Waals surface area contributed by atoms with E-state index in [-0.39, 0.29) is 5.54 Å². The molecule has 2 aromatic heterocycles. The van der Waals surface area contributed by atoms with Gasteiger partial charge in [-0.3, -0.25) is 0 Å². The van der Waals surface area contributed by atoms with E-state index in [0.29, 0.717) is 25.1 Å². The van der Waals surface area contributed by atoms with Crippen molar-refractivity contribution in [2.75, 3.05) is 4.90 Å². The highest BCUT2D eigenvalue weighted by atomic mass is 16.4. The number of oxazole rings is 1. The molecule has 0 amide bonds. The third-order valence-electron chi connectivity index (χ3n) is 3.48. The molecule has 21 heavy (non-hydrogen) atoms. The molecule has 0 unspecified atom stereocenters. The average Bonchev–Trinajstić information content (AvgIpc) is 2.94. The van der Waals surface area contributed by atoms with E-state index in [1.165, 1.54) is 12.8 Å². The predicted octanol–water partition coefficient (Wildman–Crippen LogP) is 3.32. The van der Waals surface area contributed by atoms with Crippen LogP contribution >= 0.6 is 0 Å². The van der Waals surface area contributed by atoms with Gasteiger partial charge in [-0.25, -0.2) is 0 Å². The molecule has 0 spiro atoms. The van der Waals surface area contributed by atoms with Crippen LogP contribution in [0.3, 0.4) is 0 Å². The maximum absolute atomic E-state index is 5.68. The van der Waals surface area contributed by atoms with Crippen LogP contribution in [0.2, 0.25) is 0 Å². The lowest BCUT2D eigenvalue weighted by atomic mass is 10.1. The summed E-state index contributed by atoms with van der Waals surface area (Å²) in [5.74, 6) is 0.939. The Bertz CT molecular complexity index is 565. The lowest BCUT2D eigenvalue weighted by Gasteiger charge is -2.19. The Morgan fingerprint density at radius 2 is 2.14 bits per heavy atom. The van der Waals surface area contributed by atoms with Gasteiger partial charge in [-0.15, -0.1) is 0 Å². The summed E-state index contributed by atoms with van der Waals surface area (Å²) < 4.78 is 11.1. The summed E-state index contributed by atoms with van der Waals surface area (Å²) in [6.45, 7) is 7.85. The molecule has 1 aliphatic rings. The van der Waals surface area contributed by atoms with Crippen molar-refractivity contribution in [1.82, 2.24) is 10.3 Å². The van der Waals surface area contributed by atoms with E-state index in [4.69, 9.17) is 8.83 Å². The Morgan fingerprint density at radius 1 is 1.33 bits per heavy atom. The molecule has 0 bridgehead atoms. The summed E-state index contributed by atoms with van der Waals surface area (Å²) in [6, 6.07) is 5.12. The molecule has 0 atom stereocenters. The van der Waals surface area contributed by atoms with Crippen LogP contribution in [0.1, 0.15) is 45.1 Å². The normalized spacial score (nSPS) is 15.4. The highest BCUT2D eigenvalue weighted by molar-refractivity contribution is 5.32. The van der Waals surface area contributed by atoms with Crippen molar-refractivity contribution in [2.45, 2.75) is 58.3 Å². The van der Waals surface area contributed by atoms with Gasteiger partial charge >= 0.3 is 0 Å². The molecule has 0 aromatic carbocycles. The smallest absolute Gasteiger partial charge is 0.298 e. The van der Waals surface area contributed by atoms with Gasteiger partial charge in [0.1, 0.15) is 12.0 Å². The molecular weight excluding hydrogens is 266 g/mol. The second-order valence-electron chi connectivity index (χ2n) is 6.66. The summed E-state index contributed by atoms with van der Waals surface area (Å²) in [5.41, 5.74) is 1.01. The van der Waals surface area contributed by atoms with Crippen LogP contribution < -0.4 is 10.2 Å². The summed E-state index contributed by atoms with van der Waals surface area (Å²) in [5, 5.41) is 3.42. The molecule has 0 saturated heterocycles. The minimum atomic E-state index is 0.0729. The number of aromatic nitrogens is 1. The van der Waals surface area contributed by atoms with Crippen LogP contribution in [-0.4, -0.2) is 16.6 Å². The molecular formula is C16H23N3O2. The first kappa shape index (κ1) is 14.2. The molecule has 5 nitrogen and oxygen atoms in total. The van der Waals surface area contributed by atoms with Crippen molar-refractivity contribution in [2.24, 2.45) is 0 Å². The number of anilines is 1. The van der Waals surface area contributed by atoms with Gasteiger partial charge in [-0.05, 0) is 45.7 Å². The van der Waals surface area contributed by atoms with Gasteiger partial charge in [0.05, 0.1) is 18.5 Å². The molecule has 2 heterocycles. The Morgan fingerprint density at radius 3 is 2.76 bits per heavy atom. The van der Waals surface area contributed by atoms with E-state index in [2.05, 4.69) is 36.0 Å². The molecule has 1 saturated carbocycles. The first-order valence-corrected chi connectivity index (χ1v) is 7.50. The van der Waals surface area contributed by atoms with Crippen LogP contribution in [0.4, 0.5) is 6.01 Å². The van der Waals surface area contributed by atoms with Crippen LogP contribution in [-0.2, 0) is 13.1 Å². The van der Waals surface area contributed by atoms with Gasteiger partial charge in [0.2, 0.25) is 0 Å². The fraction of sp³-hybridized carbons (Fsp3) is 0.562. The number of hydrogen-bond donors (Lipinski definition) is 1. The number of nitrogens with zero attached hydrogens (tertiary/aromatic N) is 2. The van der Waals surface area contributed by atoms with Crippen molar-refractivity contribution >= 4 is 6.01 Å². The maximum atomic E-state index is 5.68. The monoisotopic (exact) mass is 289 g/mol. The fourth-order valence-corrected chi connectivity index (χ4v) is 2.17. The zero-order valence-corrected chi connectivity index (χ0v) is 12.9. The van der Waals surface area contributed by atoms with E-state index in [0.717, 1.165) is 11.5 Å². The van der Waals surface area contributed by atoms with E-state index >= 15 is 0 Å². The zero-order valence-electron chi connectivity index (χ0n) is 12.9. The molecule has 3 rings (SSSR count). The highest BCUT2D eigenvalue weighted by Crippen LogP contribution is 2.32. The third-order valence-corrected chi connectivity index (χ3v) is 3.48. The Labute approximate surface area is 125 Å². The number of hydrogen-bond acceptors (Lipinski definition) is 5. The van der Waals surface area contributed by atoms with Gasteiger partial charge in [0.15, 0.2) is 0 Å². The Kier molecular flexibility index (Phi) is 3.76. The molecule has 1 aliphatic carbocycles. The molecule has 2 aromatic rings. The number of rotatable bonds is 6. The van der Waals surface area contributed by atoms with E-state index < -0.39 is 0 Å². The van der Waals surface area contributed by atoms with E-state index in [9.17, 15) is 0 Å². The quantitative estimate of drug-likeness (QED) is 0.884. The SMILES string of the molecule is CC(C)(C)NCc1coc(N(Cc2ccco2)C2CC2)n1. The molecule has 5 heteroatoms. The van der Waals surface area contributed by atoms with Gasteiger partial charge in [0.25, 0.3) is 6.01 Å². The van der Waals surface area contributed by atoms with Gasteiger partial charge in [-0.2, -0.15) is 4.98 Å². The summed E-state index contributed by atoms with van der Waals surface area (Å²) in [6.07, 6.45) is 5.83. The molecule has 0 radical (unpaired) electrons. The summed E-state index contributed by atoms with van der Waals surface area (Å²) >= 11 is 0. The molecule has 0 aliphatic heterocycles. The topological polar surface area (TPSA) is 54.4 Å². The molecule has 1 N–H and O–H groups in total. The van der Waals surface area contributed by atoms with Crippen LogP contribution in [0.5, 0.6) is 0 Å². The minimum Gasteiger partial charge on any atom is -0.467 e. The second-order valence-corrected chi connectivity index (χ2v) is 6.66. The largest absolute Gasteiger partial charge is 0.467 e. The van der Waals surface area contributed by atoms with E-state index in [1.807, 2.05) is 12.1 Å². The number of nitrogens with one attached hydrogen (secondary N) is 1.